The van der Waals surface area contributed by atoms with Crippen molar-refractivity contribution in [1.29, 1.82) is 0 Å². The molecule has 2 aliphatic rings. The molecule has 146 valence electrons. The van der Waals surface area contributed by atoms with Crippen LogP contribution in [-0.2, 0) is 0 Å². The first kappa shape index (κ1) is 17.8. The summed E-state index contributed by atoms with van der Waals surface area (Å²) in [6, 6.07) is 5.99. The number of rotatable bonds is 4. The van der Waals surface area contributed by atoms with Gasteiger partial charge in [0.2, 0.25) is 5.13 Å². The minimum absolute atomic E-state index is 0.181. The first-order valence-corrected chi connectivity index (χ1v) is 10.9. The molecule has 0 amide bonds. The van der Waals surface area contributed by atoms with Gasteiger partial charge in [-0.25, -0.2) is 4.98 Å². The molecule has 0 aromatic carbocycles. The van der Waals surface area contributed by atoms with E-state index in [1.807, 2.05) is 18.3 Å². The van der Waals surface area contributed by atoms with E-state index in [0.29, 0.717) is 5.92 Å². The van der Waals surface area contributed by atoms with Crippen LogP contribution in [0, 0.1) is 0 Å². The van der Waals surface area contributed by atoms with Crippen LogP contribution in [0.25, 0.3) is 11.0 Å². The van der Waals surface area contributed by atoms with Crippen LogP contribution in [0.2, 0.25) is 0 Å². The van der Waals surface area contributed by atoms with Gasteiger partial charge in [-0.3, -0.25) is 4.98 Å². The predicted octanol–water partition coefficient (Wildman–Crippen LogP) is 3.84. The third-order valence-electron chi connectivity index (χ3n) is 5.73. The Bertz CT molecular complexity index is 962. The molecular weight excluding hydrogens is 372 g/mol. The van der Waals surface area contributed by atoms with Crippen LogP contribution in [0.3, 0.4) is 0 Å². The monoisotopic (exact) mass is 396 g/mol. The zero-order chi connectivity index (χ0) is 18.9. The highest BCUT2D eigenvalue weighted by molar-refractivity contribution is 7.15. The summed E-state index contributed by atoms with van der Waals surface area (Å²) in [4.78, 5) is 11.6. The third-order valence-corrected chi connectivity index (χ3v) is 6.73. The number of pyridine rings is 2. The highest BCUT2D eigenvalue weighted by Gasteiger charge is 2.21. The van der Waals surface area contributed by atoms with E-state index in [1.165, 1.54) is 25.7 Å². The molecule has 0 radical (unpaired) electrons. The minimum Gasteiger partial charge on any atom is -0.393 e. The van der Waals surface area contributed by atoms with Gasteiger partial charge >= 0.3 is 0 Å². The summed E-state index contributed by atoms with van der Waals surface area (Å²) < 4.78 is 0. The Kier molecular flexibility index (Phi) is 4.82. The lowest BCUT2D eigenvalue weighted by Crippen LogP contribution is -2.35. The standard InChI is InChI=1S/C20H24N6OS/c27-15-7-9-26(10-8-15)14-11-17-16(21-12-14)5-6-18(22-17)23-20-25-24-19(28-20)13-3-1-2-4-13/h5-6,11-13,15,27H,1-4,7-10H2,(H,22,23,25). The number of hydrogen-bond donors (Lipinski definition) is 2. The Morgan fingerprint density at radius 2 is 1.86 bits per heavy atom. The highest BCUT2D eigenvalue weighted by atomic mass is 32.1. The van der Waals surface area contributed by atoms with Gasteiger partial charge in [-0.1, -0.05) is 24.2 Å². The van der Waals surface area contributed by atoms with Gasteiger partial charge in [0.15, 0.2) is 0 Å². The average Bonchev–Trinajstić information content (AvgIpc) is 3.40. The normalized spacial score (nSPS) is 18.8. The molecule has 2 N–H and O–H groups in total. The maximum atomic E-state index is 9.72. The largest absolute Gasteiger partial charge is 0.393 e. The van der Waals surface area contributed by atoms with Crippen molar-refractivity contribution >= 4 is 39.0 Å². The molecule has 1 saturated heterocycles. The Hall–Kier alpha value is -2.32. The van der Waals surface area contributed by atoms with Gasteiger partial charge in [0.1, 0.15) is 10.8 Å². The van der Waals surface area contributed by atoms with E-state index < -0.39 is 0 Å². The number of aromatic nitrogens is 4. The van der Waals surface area contributed by atoms with Crippen LogP contribution < -0.4 is 10.2 Å². The molecule has 0 unspecified atom stereocenters. The number of aliphatic hydroxyl groups excluding tert-OH is 1. The molecule has 1 aliphatic heterocycles. The molecule has 2 fully saturated rings. The fourth-order valence-corrected chi connectivity index (χ4v) is 5.01. The molecule has 7 nitrogen and oxygen atoms in total. The molecular formula is C20H24N6OS. The topological polar surface area (TPSA) is 87.1 Å². The van der Waals surface area contributed by atoms with Crippen molar-refractivity contribution in [2.24, 2.45) is 0 Å². The molecule has 28 heavy (non-hydrogen) atoms. The van der Waals surface area contributed by atoms with E-state index in [9.17, 15) is 5.11 Å². The summed E-state index contributed by atoms with van der Waals surface area (Å²) in [5.74, 6) is 1.34. The molecule has 0 spiro atoms. The first-order valence-electron chi connectivity index (χ1n) is 10.0. The fourth-order valence-electron chi connectivity index (χ4n) is 4.09. The van der Waals surface area contributed by atoms with Crippen molar-refractivity contribution < 1.29 is 5.11 Å². The fraction of sp³-hybridized carbons (Fsp3) is 0.500. The van der Waals surface area contributed by atoms with Crippen molar-refractivity contribution in [3.63, 3.8) is 0 Å². The van der Waals surface area contributed by atoms with Crippen LogP contribution >= 0.6 is 11.3 Å². The highest BCUT2D eigenvalue weighted by Crippen LogP contribution is 2.37. The number of hydrogen-bond acceptors (Lipinski definition) is 8. The van der Waals surface area contributed by atoms with Crippen LogP contribution in [0.15, 0.2) is 24.4 Å². The molecule has 1 aliphatic carbocycles. The number of aliphatic hydroxyl groups is 1. The molecule has 0 atom stereocenters. The van der Waals surface area contributed by atoms with E-state index in [1.54, 1.807) is 11.3 Å². The number of nitrogens with one attached hydrogen (secondary N) is 1. The zero-order valence-corrected chi connectivity index (χ0v) is 16.5. The van der Waals surface area contributed by atoms with Gasteiger partial charge in [-0.05, 0) is 43.9 Å². The zero-order valence-electron chi connectivity index (χ0n) is 15.7. The van der Waals surface area contributed by atoms with Crippen LogP contribution in [-0.4, -0.2) is 44.5 Å². The summed E-state index contributed by atoms with van der Waals surface area (Å²) in [5.41, 5.74) is 2.79. The maximum Gasteiger partial charge on any atom is 0.211 e. The second-order valence-electron chi connectivity index (χ2n) is 7.70. The Morgan fingerprint density at radius 1 is 1.04 bits per heavy atom. The van der Waals surface area contributed by atoms with Crippen molar-refractivity contribution in [1.82, 2.24) is 20.2 Å². The minimum atomic E-state index is -0.181. The Labute approximate surface area is 167 Å². The van der Waals surface area contributed by atoms with Crippen LogP contribution in [0.4, 0.5) is 16.6 Å². The molecule has 8 heteroatoms. The van der Waals surface area contributed by atoms with Crippen molar-refractivity contribution in [3.8, 4) is 0 Å². The summed E-state index contributed by atoms with van der Waals surface area (Å²) in [6.07, 6.45) is 8.36. The molecule has 3 aromatic heterocycles. The van der Waals surface area contributed by atoms with Crippen molar-refractivity contribution in [2.75, 3.05) is 23.3 Å². The summed E-state index contributed by atoms with van der Waals surface area (Å²) in [5, 5.41) is 23.6. The maximum absolute atomic E-state index is 9.72. The summed E-state index contributed by atoms with van der Waals surface area (Å²) in [6.45, 7) is 1.70. The van der Waals surface area contributed by atoms with Gasteiger partial charge in [-0.2, -0.15) is 0 Å². The number of piperidine rings is 1. The van der Waals surface area contributed by atoms with E-state index in [2.05, 4.69) is 31.5 Å². The number of anilines is 3. The van der Waals surface area contributed by atoms with E-state index in [0.717, 1.165) is 58.6 Å². The van der Waals surface area contributed by atoms with Crippen molar-refractivity contribution in [2.45, 2.75) is 50.5 Å². The van der Waals surface area contributed by atoms with Gasteiger partial charge < -0.3 is 15.3 Å². The van der Waals surface area contributed by atoms with Crippen molar-refractivity contribution in [3.05, 3.63) is 29.4 Å². The third kappa shape index (κ3) is 3.66. The van der Waals surface area contributed by atoms with E-state index in [-0.39, 0.29) is 6.10 Å². The molecule has 1 saturated carbocycles. The van der Waals surface area contributed by atoms with Crippen LogP contribution in [0.1, 0.15) is 49.5 Å². The lowest BCUT2D eigenvalue weighted by Gasteiger charge is -2.31. The number of fused-ring (bicyclic) bond motifs is 1. The molecule has 0 bridgehead atoms. The molecule has 5 rings (SSSR count). The van der Waals surface area contributed by atoms with E-state index in [4.69, 9.17) is 4.98 Å². The molecule has 3 aromatic rings. The smallest absolute Gasteiger partial charge is 0.211 e. The lowest BCUT2D eigenvalue weighted by molar-refractivity contribution is 0.145. The second-order valence-corrected chi connectivity index (χ2v) is 8.71. The second kappa shape index (κ2) is 7.60. The number of nitrogens with zero attached hydrogens (tertiary/aromatic N) is 5. The lowest BCUT2D eigenvalue weighted by atomic mass is 10.1. The Morgan fingerprint density at radius 3 is 2.68 bits per heavy atom. The van der Waals surface area contributed by atoms with Gasteiger partial charge in [-0.15, -0.1) is 10.2 Å². The SMILES string of the molecule is OC1CCN(c2cnc3ccc(Nc4nnc(C5CCCC5)s4)nc3c2)CC1. The van der Waals surface area contributed by atoms with Crippen LogP contribution in [0.5, 0.6) is 0 Å². The summed E-state index contributed by atoms with van der Waals surface area (Å²) in [7, 11) is 0. The summed E-state index contributed by atoms with van der Waals surface area (Å²) >= 11 is 1.64. The molecule has 4 heterocycles. The van der Waals surface area contributed by atoms with Gasteiger partial charge in [0, 0.05) is 19.0 Å². The van der Waals surface area contributed by atoms with E-state index >= 15 is 0 Å². The van der Waals surface area contributed by atoms with Gasteiger partial charge in [0.25, 0.3) is 0 Å². The first-order chi connectivity index (χ1) is 13.7. The quantitative estimate of drug-likeness (QED) is 0.693. The van der Waals surface area contributed by atoms with Gasteiger partial charge in [0.05, 0.1) is 29.0 Å². The Balaban J connectivity index is 1.35. The predicted molar refractivity (Wildman–Crippen MR) is 111 cm³/mol. The average molecular weight is 397 g/mol.